The van der Waals surface area contributed by atoms with Crippen LogP contribution in [0.15, 0.2) is 66.7 Å². The van der Waals surface area contributed by atoms with Crippen LogP contribution in [0.25, 0.3) is 0 Å². The van der Waals surface area contributed by atoms with Gasteiger partial charge in [-0.25, -0.2) is 4.79 Å². The van der Waals surface area contributed by atoms with Crippen LogP contribution in [0.5, 0.6) is 5.75 Å². The Morgan fingerprint density at radius 1 is 0.909 bits per heavy atom. The molecule has 8 nitrogen and oxygen atoms in total. The van der Waals surface area contributed by atoms with Gasteiger partial charge in [0.1, 0.15) is 23.4 Å². The predicted octanol–water partition coefficient (Wildman–Crippen LogP) is 7.15. The van der Waals surface area contributed by atoms with Gasteiger partial charge in [0, 0.05) is 18.7 Å². The molecular formula is C36H47N3O5. The van der Waals surface area contributed by atoms with Crippen LogP contribution in [-0.4, -0.2) is 46.1 Å². The third-order valence-electron chi connectivity index (χ3n) is 7.17. The Morgan fingerprint density at radius 3 is 2.14 bits per heavy atom. The molecule has 8 heteroatoms. The second-order valence-corrected chi connectivity index (χ2v) is 12.4. The highest BCUT2D eigenvalue weighted by Gasteiger charge is 2.36. The molecule has 0 aromatic heterocycles. The lowest BCUT2D eigenvalue weighted by atomic mass is 9.97. The fraction of sp³-hybridized carbons (Fsp3) is 0.417. The van der Waals surface area contributed by atoms with Crippen LogP contribution < -0.4 is 10.6 Å². The zero-order valence-corrected chi connectivity index (χ0v) is 27.1. The number of carbonyl (C=O) groups excluding carboxylic acids is 3. The van der Waals surface area contributed by atoms with Gasteiger partial charge in [-0.2, -0.15) is 0 Å². The lowest BCUT2D eigenvalue weighted by molar-refractivity contribution is -0.140. The van der Waals surface area contributed by atoms with Crippen molar-refractivity contribution in [1.29, 1.82) is 0 Å². The molecule has 0 aliphatic carbocycles. The average molecular weight is 602 g/mol. The monoisotopic (exact) mass is 601 g/mol. The smallest absolute Gasteiger partial charge is 0.408 e. The summed E-state index contributed by atoms with van der Waals surface area (Å²) in [6.45, 7) is 13.5. The molecule has 2 atom stereocenters. The topological polar surface area (TPSA) is 108 Å². The van der Waals surface area contributed by atoms with Gasteiger partial charge >= 0.3 is 6.09 Å². The molecule has 0 radical (unpaired) electrons. The van der Waals surface area contributed by atoms with Gasteiger partial charge in [-0.1, -0.05) is 79.4 Å². The van der Waals surface area contributed by atoms with Crippen LogP contribution in [0.4, 0.5) is 10.5 Å². The molecule has 0 bridgehead atoms. The molecule has 44 heavy (non-hydrogen) atoms. The summed E-state index contributed by atoms with van der Waals surface area (Å²) in [4.78, 5) is 43.5. The van der Waals surface area contributed by atoms with E-state index in [1.807, 2.05) is 63.2 Å². The summed E-state index contributed by atoms with van der Waals surface area (Å²) < 4.78 is 5.53. The third kappa shape index (κ3) is 10.1. The largest absolute Gasteiger partial charge is 0.508 e. The average Bonchev–Trinajstić information content (AvgIpc) is 2.92. The van der Waals surface area contributed by atoms with Crippen LogP contribution in [0.3, 0.4) is 0 Å². The Morgan fingerprint density at radius 2 is 1.55 bits per heavy atom. The summed E-state index contributed by atoms with van der Waals surface area (Å²) in [5.74, 6) is -0.639. The van der Waals surface area contributed by atoms with Crippen LogP contribution in [0.1, 0.15) is 80.8 Å². The Hall–Kier alpha value is -4.33. The van der Waals surface area contributed by atoms with Crippen LogP contribution in [-0.2, 0) is 20.7 Å². The first-order valence-corrected chi connectivity index (χ1v) is 15.3. The number of nitrogens with zero attached hydrogens (tertiary/aromatic N) is 1. The van der Waals surface area contributed by atoms with Crippen molar-refractivity contribution in [1.82, 2.24) is 10.2 Å². The van der Waals surface area contributed by atoms with E-state index in [1.54, 1.807) is 37.8 Å². The number of alkyl carbamates (subject to hydrolysis) is 1. The van der Waals surface area contributed by atoms with E-state index in [1.165, 1.54) is 12.1 Å². The van der Waals surface area contributed by atoms with Crippen molar-refractivity contribution in [2.45, 2.75) is 91.8 Å². The number of phenols is 1. The highest BCUT2D eigenvalue weighted by atomic mass is 16.6. The lowest BCUT2D eigenvalue weighted by Crippen LogP contribution is -2.53. The number of hydrogen-bond donors (Lipinski definition) is 3. The molecular weight excluding hydrogens is 554 g/mol. The molecule has 0 aliphatic rings. The minimum absolute atomic E-state index is 0.0978. The zero-order valence-electron chi connectivity index (χ0n) is 27.1. The number of phenolic OH excluding ortho intramolecular Hbond substituents is 1. The first-order chi connectivity index (χ1) is 20.8. The molecule has 3 aromatic rings. The van der Waals surface area contributed by atoms with Crippen molar-refractivity contribution in [2.75, 3.05) is 11.9 Å². The maximum absolute atomic E-state index is 14.6. The number of amides is 3. The maximum atomic E-state index is 14.6. The molecule has 2 unspecified atom stereocenters. The minimum atomic E-state index is -1.03. The summed E-state index contributed by atoms with van der Waals surface area (Å²) in [5.41, 5.74) is 4.18. The number of unbranched alkanes of at least 4 members (excludes halogenated alkanes) is 2. The van der Waals surface area contributed by atoms with Crippen molar-refractivity contribution in [3.05, 3.63) is 94.5 Å². The Labute approximate surface area is 261 Å². The van der Waals surface area contributed by atoms with Gasteiger partial charge in [-0.15, -0.1) is 0 Å². The Kier molecular flexibility index (Phi) is 12.0. The normalized spacial score (nSPS) is 12.6. The van der Waals surface area contributed by atoms with E-state index >= 15 is 0 Å². The molecule has 0 spiro atoms. The lowest BCUT2D eigenvalue weighted by Gasteiger charge is -2.35. The number of benzene rings is 3. The van der Waals surface area contributed by atoms with E-state index in [-0.39, 0.29) is 18.1 Å². The van der Waals surface area contributed by atoms with Crippen LogP contribution in [0.2, 0.25) is 0 Å². The fourth-order valence-electron chi connectivity index (χ4n) is 5.17. The predicted molar refractivity (Wildman–Crippen MR) is 175 cm³/mol. The summed E-state index contributed by atoms with van der Waals surface area (Å²) in [6, 6.07) is 17.9. The van der Waals surface area contributed by atoms with E-state index in [0.29, 0.717) is 24.2 Å². The van der Waals surface area contributed by atoms with E-state index in [9.17, 15) is 19.5 Å². The summed E-state index contributed by atoms with van der Waals surface area (Å²) in [5, 5.41) is 15.7. The maximum Gasteiger partial charge on any atom is 0.408 e. The highest BCUT2D eigenvalue weighted by Crippen LogP contribution is 2.28. The minimum Gasteiger partial charge on any atom is -0.508 e. The van der Waals surface area contributed by atoms with Gasteiger partial charge in [-0.3, -0.25) is 9.59 Å². The molecule has 0 heterocycles. The van der Waals surface area contributed by atoms with Gasteiger partial charge in [-0.05, 0) is 82.9 Å². The Balaban J connectivity index is 2.11. The van der Waals surface area contributed by atoms with E-state index in [2.05, 4.69) is 17.6 Å². The summed E-state index contributed by atoms with van der Waals surface area (Å²) in [6.07, 6.45) is 1.89. The van der Waals surface area contributed by atoms with Gasteiger partial charge in [0.15, 0.2) is 0 Å². The van der Waals surface area contributed by atoms with Crippen LogP contribution in [0, 0.1) is 20.8 Å². The quantitative estimate of drug-likeness (QED) is 0.191. The molecule has 0 saturated heterocycles. The second-order valence-electron chi connectivity index (χ2n) is 12.4. The standard InChI is InChI=1S/C36H47N3O5/c1-8-9-12-19-39(34(42)31(38-35(43)44-36(5,6)7)23-27-15-17-29(40)18-16-27)32(28-21-24(2)20-25(3)22-28)33(41)37-30-14-11-10-13-26(30)4/h10-11,13-18,20-22,31-32,40H,8-9,12,19,23H2,1-7H3,(H,37,41)(H,38,43). The molecule has 0 aliphatic heterocycles. The van der Waals surface area contributed by atoms with Gasteiger partial charge in [0.25, 0.3) is 5.91 Å². The van der Waals surface area contributed by atoms with Crippen molar-refractivity contribution < 1.29 is 24.2 Å². The van der Waals surface area contributed by atoms with E-state index < -0.39 is 29.7 Å². The number of aryl methyl sites for hydroxylation is 3. The number of anilines is 1. The fourth-order valence-corrected chi connectivity index (χ4v) is 5.17. The number of aromatic hydroxyl groups is 1. The molecule has 3 aromatic carbocycles. The number of hydrogen-bond acceptors (Lipinski definition) is 5. The zero-order chi connectivity index (χ0) is 32.4. The number of rotatable bonds is 12. The highest BCUT2D eigenvalue weighted by molar-refractivity contribution is 5.99. The second kappa shape index (κ2) is 15.4. The van der Waals surface area contributed by atoms with Crippen molar-refractivity contribution in [3.8, 4) is 5.75 Å². The summed E-state index contributed by atoms with van der Waals surface area (Å²) >= 11 is 0. The van der Waals surface area contributed by atoms with Gasteiger partial charge in [0.05, 0.1) is 0 Å². The number of ether oxygens (including phenoxy) is 1. The molecule has 3 rings (SSSR count). The van der Waals surface area contributed by atoms with Crippen molar-refractivity contribution in [2.24, 2.45) is 0 Å². The van der Waals surface area contributed by atoms with Gasteiger partial charge < -0.3 is 25.4 Å². The first kappa shape index (κ1) is 34.2. The Bertz CT molecular complexity index is 1410. The molecule has 0 fully saturated rings. The molecule has 0 saturated carbocycles. The van der Waals surface area contributed by atoms with E-state index in [4.69, 9.17) is 4.74 Å². The van der Waals surface area contributed by atoms with Crippen molar-refractivity contribution >= 4 is 23.6 Å². The number of nitrogens with one attached hydrogen (secondary N) is 2. The molecule has 3 N–H and O–H groups in total. The number of para-hydroxylation sites is 1. The molecule has 3 amide bonds. The van der Waals surface area contributed by atoms with Crippen LogP contribution >= 0.6 is 0 Å². The number of carbonyl (C=O) groups is 3. The summed E-state index contributed by atoms with van der Waals surface area (Å²) in [7, 11) is 0. The first-order valence-electron chi connectivity index (χ1n) is 15.3. The SMILES string of the molecule is CCCCCN(C(=O)C(Cc1ccc(O)cc1)NC(=O)OC(C)(C)C)C(C(=O)Nc1ccccc1C)c1cc(C)cc(C)c1. The molecule has 236 valence electrons. The van der Waals surface area contributed by atoms with E-state index in [0.717, 1.165) is 35.1 Å². The third-order valence-corrected chi connectivity index (χ3v) is 7.17. The van der Waals surface area contributed by atoms with Gasteiger partial charge in [0.2, 0.25) is 5.91 Å². The van der Waals surface area contributed by atoms with Crippen molar-refractivity contribution in [3.63, 3.8) is 0 Å².